The van der Waals surface area contributed by atoms with Crippen molar-refractivity contribution in [2.75, 3.05) is 24.7 Å². The Morgan fingerprint density at radius 2 is 0.962 bits per heavy atom. The molecule has 0 saturated heterocycles. The maximum absolute atomic E-state index is 5.78. The van der Waals surface area contributed by atoms with E-state index in [1.807, 2.05) is 76.2 Å². The molecule has 0 aliphatic rings. The molecule has 2 rings (SSSR count). The second-order valence-corrected chi connectivity index (χ2v) is 7.54. The molecule has 0 heterocycles. The van der Waals surface area contributed by atoms with Crippen molar-refractivity contribution in [3.8, 4) is 11.5 Å². The molecule has 2 aromatic rings. The average Bonchev–Trinajstić information content (AvgIpc) is 2.60. The molecule has 2 aromatic carbocycles. The molecular weight excluding hydrogens is 328 g/mol. The predicted octanol–water partition coefficient (Wildman–Crippen LogP) is 4.32. The van der Waals surface area contributed by atoms with Crippen LogP contribution in [0.4, 0.5) is 11.4 Å². The van der Waals surface area contributed by atoms with Gasteiger partial charge in [-0.25, -0.2) is 0 Å². The van der Waals surface area contributed by atoms with Crippen LogP contribution in [0.25, 0.3) is 0 Å². The van der Waals surface area contributed by atoms with Gasteiger partial charge in [-0.1, -0.05) is 0 Å². The van der Waals surface area contributed by atoms with Crippen LogP contribution in [0, 0.1) is 0 Å². The van der Waals surface area contributed by atoms with E-state index in [2.05, 4.69) is 10.2 Å². The van der Waals surface area contributed by atoms with Crippen molar-refractivity contribution < 1.29 is 9.47 Å². The normalized spacial score (nSPS) is 12.3. The molecule has 0 atom stereocenters. The summed E-state index contributed by atoms with van der Waals surface area (Å²) < 4.78 is 11.6. The van der Waals surface area contributed by atoms with Crippen molar-refractivity contribution in [2.45, 2.75) is 38.8 Å². The van der Waals surface area contributed by atoms with Crippen molar-refractivity contribution in [2.24, 2.45) is 10.2 Å². The van der Waals surface area contributed by atoms with E-state index in [0.717, 1.165) is 11.5 Å². The van der Waals surface area contributed by atoms with E-state index in [1.54, 1.807) is 0 Å². The van der Waals surface area contributed by atoms with Gasteiger partial charge in [-0.05, 0) is 76.2 Å². The molecule has 4 N–H and O–H groups in total. The molecule has 0 amide bonds. The van der Waals surface area contributed by atoms with E-state index >= 15 is 0 Å². The molecule has 0 spiro atoms. The Hall–Kier alpha value is -2.76. The second kappa shape index (κ2) is 8.08. The van der Waals surface area contributed by atoms with E-state index in [0.29, 0.717) is 24.6 Å². The molecule has 0 aromatic heterocycles. The minimum absolute atomic E-state index is 0.412. The van der Waals surface area contributed by atoms with Gasteiger partial charge in [0.15, 0.2) is 0 Å². The van der Waals surface area contributed by atoms with Gasteiger partial charge in [0, 0.05) is 11.4 Å². The SMILES string of the molecule is CC(C)(COc1ccc(N)cc1)N=NC(C)(C)COc1ccc(N)cc1. The lowest BCUT2D eigenvalue weighted by Crippen LogP contribution is -2.30. The van der Waals surface area contributed by atoms with Crippen LogP contribution in [0.5, 0.6) is 11.5 Å². The van der Waals surface area contributed by atoms with Gasteiger partial charge in [-0.2, -0.15) is 10.2 Å². The van der Waals surface area contributed by atoms with E-state index < -0.39 is 11.1 Å². The minimum Gasteiger partial charge on any atom is -0.491 e. The molecule has 0 radical (unpaired) electrons. The summed E-state index contributed by atoms with van der Waals surface area (Å²) in [7, 11) is 0. The quantitative estimate of drug-likeness (QED) is 0.544. The van der Waals surface area contributed by atoms with E-state index in [-0.39, 0.29) is 0 Å². The summed E-state index contributed by atoms with van der Waals surface area (Å²) in [5.74, 6) is 1.52. The molecule has 140 valence electrons. The highest BCUT2D eigenvalue weighted by Gasteiger charge is 2.23. The zero-order chi connectivity index (χ0) is 19.2. The van der Waals surface area contributed by atoms with Crippen LogP contribution in [0.3, 0.4) is 0 Å². The Kier molecular flexibility index (Phi) is 6.08. The molecule has 0 aliphatic heterocycles. The molecule has 0 bridgehead atoms. The fourth-order valence-corrected chi connectivity index (χ4v) is 1.98. The molecule has 0 saturated carbocycles. The van der Waals surface area contributed by atoms with E-state index in [1.165, 1.54) is 0 Å². The van der Waals surface area contributed by atoms with Gasteiger partial charge < -0.3 is 20.9 Å². The summed E-state index contributed by atoms with van der Waals surface area (Å²) in [5.41, 5.74) is 11.8. The van der Waals surface area contributed by atoms with Crippen molar-refractivity contribution in [1.29, 1.82) is 0 Å². The number of nitrogen functional groups attached to an aromatic ring is 2. The number of ether oxygens (including phenoxy) is 2. The first-order valence-corrected chi connectivity index (χ1v) is 8.56. The first kappa shape index (κ1) is 19.6. The average molecular weight is 356 g/mol. The van der Waals surface area contributed by atoms with Gasteiger partial charge in [0.2, 0.25) is 0 Å². The lowest BCUT2D eigenvalue weighted by Gasteiger charge is -2.23. The molecule has 6 nitrogen and oxygen atoms in total. The van der Waals surface area contributed by atoms with Gasteiger partial charge >= 0.3 is 0 Å². The van der Waals surface area contributed by atoms with Crippen LogP contribution >= 0.6 is 0 Å². The van der Waals surface area contributed by atoms with Gasteiger partial charge in [0.1, 0.15) is 35.8 Å². The molecule has 26 heavy (non-hydrogen) atoms. The Balaban J connectivity index is 1.87. The van der Waals surface area contributed by atoms with Crippen molar-refractivity contribution in [3.63, 3.8) is 0 Å². The molecular formula is C20H28N4O2. The van der Waals surface area contributed by atoms with Crippen LogP contribution in [-0.4, -0.2) is 24.3 Å². The topological polar surface area (TPSA) is 95.2 Å². The molecule has 6 heteroatoms. The summed E-state index contributed by atoms with van der Waals surface area (Å²) >= 11 is 0. The van der Waals surface area contributed by atoms with Crippen LogP contribution in [-0.2, 0) is 0 Å². The fraction of sp³-hybridized carbons (Fsp3) is 0.400. The Labute approximate surface area is 155 Å². The third-order valence-corrected chi connectivity index (χ3v) is 3.54. The Morgan fingerprint density at radius 3 is 1.27 bits per heavy atom. The smallest absolute Gasteiger partial charge is 0.119 e. The fourth-order valence-electron chi connectivity index (χ4n) is 1.98. The van der Waals surface area contributed by atoms with Gasteiger partial charge in [0.05, 0.1) is 0 Å². The number of hydrogen-bond donors (Lipinski definition) is 2. The Bertz CT molecular complexity index is 659. The maximum atomic E-state index is 5.78. The number of hydrogen-bond acceptors (Lipinski definition) is 6. The Morgan fingerprint density at radius 1 is 0.654 bits per heavy atom. The number of azo groups is 1. The summed E-state index contributed by atoms with van der Waals surface area (Å²) in [6.45, 7) is 8.73. The third-order valence-electron chi connectivity index (χ3n) is 3.54. The van der Waals surface area contributed by atoms with Crippen molar-refractivity contribution >= 4 is 11.4 Å². The van der Waals surface area contributed by atoms with Crippen LogP contribution in [0.2, 0.25) is 0 Å². The monoisotopic (exact) mass is 356 g/mol. The van der Waals surface area contributed by atoms with Gasteiger partial charge in [-0.15, -0.1) is 0 Å². The largest absolute Gasteiger partial charge is 0.491 e. The number of nitrogens with zero attached hydrogens (tertiary/aromatic N) is 2. The highest BCUT2D eigenvalue weighted by Crippen LogP contribution is 2.21. The van der Waals surface area contributed by atoms with E-state index in [4.69, 9.17) is 20.9 Å². The second-order valence-electron chi connectivity index (χ2n) is 7.54. The van der Waals surface area contributed by atoms with Crippen molar-refractivity contribution in [3.05, 3.63) is 48.5 Å². The zero-order valence-electron chi connectivity index (χ0n) is 15.9. The lowest BCUT2D eigenvalue weighted by atomic mass is 10.1. The summed E-state index contributed by atoms with van der Waals surface area (Å²) in [6, 6.07) is 14.6. The molecule has 0 fully saturated rings. The first-order valence-electron chi connectivity index (χ1n) is 8.56. The van der Waals surface area contributed by atoms with Crippen LogP contribution in [0.1, 0.15) is 27.7 Å². The zero-order valence-corrected chi connectivity index (χ0v) is 15.9. The number of rotatable bonds is 8. The van der Waals surface area contributed by atoms with Gasteiger partial charge in [-0.3, -0.25) is 0 Å². The minimum atomic E-state index is -0.458. The number of anilines is 2. The van der Waals surface area contributed by atoms with Crippen LogP contribution < -0.4 is 20.9 Å². The summed E-state index contributed by atoms with van der Waals surface area (Å²) in [4.78, 5) is 0. The van der Waals surface area contributed by atoms with E-state index in [9.17, 15) is 0 Å². The van der Waals surface area contributed by atoms with Crippen LogP contribution in [0.15, 0.2) is 58.8 Å². The number of benzene rings is 2. The number of nitrogens with two attached hydrogens (primary N) is 2. The molecule has 0 unspecified atom stereocenters. The lowest BCUT2D eigenvalue weighted by molar-refractivity contribution is 0.213. The highest BCUT2D eigenvalue weighted by molar-refractivity contribution is 5.42. The first-order chi connectivity index (χ1) is 12.2. The van der Waals surface area contributed by atoms with Gasteiger partial charge in [0.25, 0.3) is 0 Å². The summed E-state index contributed by atoms with van der Waals surface area (Å²) in [6.07, 6.45) is 0. The summed E-state index contributed by atoms with van der Waals surface area (Å²) in [5, 5.41) is 8.92. The highest BCUT2D eigenvalue weighted by atomic mass is 16.5. The predicted molar refractivity (Wildman–Crippen MR) is 106 cm³/mol. The van der Waals surface area contributed by atoms with Crippen molar-refractivity contribution in [1.82, 2.24) is 0 Å². The standard InChI is InChI=1S/C20H28N4O2/c1-19(2,13-25-17-9-5-15(21)6-10-17)23-24-20(3,4)14-26-18-11-7-16(22)8-12-18/h5-12H,13-14,21-22H2,1-4H3. The molecule has 0 aliphatic carbocycles. The maximum Gasteiger partial charge on any atom is 0.119 e. The third kappa shape index (κ3) is 6.63.